The van der Waals surface area contributed by atoms with Gasteiger partial charge >= 0.3 is 0 Å². The summed E-state index contributed by atoms with van der Waals surface area (Å²) >= 11 is 0. The van der Waals surface area contributed by atoms with Crippen LogP contribution in [0.1, 0.15) is 72.9 Å². The van der Waals surface area contributed by atoms with Crippen LogP contribution in [0.5, 0.6) is 0 Å². The Balaban J connectivity index is 2.47. The Kier molecular flexibility index (Phi) is 5.46. The number of aryl methyl sites for hydroxylation is 2. The number of Topliss-reactive ketones (excluding diaryl/α,β-unsaturated/α-hetero) is 1. The lowest BCUT2D eigenvalue weighted by Gasteiger charge is -2.01. The summed E-state index contributed by atoms with van der Waals surface area (Å²) in [4.78, 5) is 12.1. The summed E-state index contributed by atoms with van der Waals surface area (Å²) in [5.74, 6) is 1.89. The van der Waals surface area contributed by atoms with Gasteiger partial charge in [0.25, 0.3) is 0 Å². The summed E-state index contributed by atoms with van der Waals surface area (Å²) in [6.45, 7) is 7.97. The molecule has 0 aliphatic carbocycles. The zero-order valence-corrected chi connectivity index (χ0v) is 11.6. The van der Waals surface area contributed by atoms with Crippen LogP contribution in [0.25, 0.3) is 0 Å². The van der Waals surface area contributed by atoms with E-state index in [1.807, 2.05) is 20.8 Å². The van der Waals surface area contributed by atoms with Crippen molar-refractivity contribution in [3.05, 3.63) is 22.6 Å². The summed E-state index contributed by atoms with van der Waals surface area (Å²) in [6, 6.07) is 0. The van der Waals surface area contributed by atoms with Gasteiger partial charge in [-0.2, -0.15) is 0 Å². The van der Waals surface area contributed by atoms with Gasteiger partial charge in [0.15, 0.2) is 5.78 Å². The molecule has 2 heteroatoms. The first-order chi connectivity index (χ1) is 8.07. The van der Waals surface area contributed by atoms with Crippen LogP contribution in [0.4, 0.5) is 0 Å². The van der Waals surface area contributed by atoms with E-state index in [-0.39, 0.29) is 5.78 Å². The minimum absolute atomic E-state index is 0.244. The fourth-order valence-corrected chi connectivity index (χ4v) is 2.22. The highest BCUT2D eigenvalue weighted by atomic mass is 16.3. The first-order valence-corrected chi connectivity index (χ1v) is 6.67. The number of ketones is 1. The minimum atomic E-state index is 0.244. The smallest absolute Gasteiger partial charge is 0.166 e. The van der Waals surface area contributed by atoms with E-state index in [0.29, 0.717) is 6.42 Å². The van der Waals surface area contributed by atoms with E-state index in [1.165, 1.54) is 19.3 Å². The molecule has 0 spiro atoms. The predicted octanol–water partition coefficient (Wildman–Crippen LogP) is 4.75. The molecule has 0 aliphatic heterocycles. The molecule has 0 fully saturated rings. The Morgan fingerprint density at radius 2 is 1.65 bits per heavy atom. The Morgan fingerprint density at radius 1 is 1.00 bits per heavy atom. The van der Waals surface area contributed by atoms with E-state index in [1.54, 1.807) is 0 Å². The van der Waals surface area contributed by atoms with Crippen LogP contribution in [0.3, 0.4) is 0 Å². The second kappa shape index (κ2) is 6.63. The fourth-order valence-electron chi connectivity index (χ4n) is 2.22. The number of rotatable bonds is 7. The maximum atomic E-state index is 12.1. The summed E-state index contributed by atoms with van der Waals surface area (Å²) in [6.07, 6.45) is 6.58. The second-order valence-electron chi connectivity index (χ2n) is 4.80. The van der Waals surface area contributed by atoms with Crippen molar-refractivity contribution < 1.29 is 9.21 Å². The quantitative estimate of drug-likeness (QED) is 0.505. The van der Waals surface area contributed by atoms with E-state index in [2.05, 4.69) is 6.92 Å². The average molecular weight is 236 g/mol. The van der Waals surface area contributed by atoms with Crippen LogP contribution in [-0.2, 0) is 0 Å². The van der Waals surface area contributed by atoms with Gasteiger partial charge in [-0.15, -0.1) is 0 Å². The number of carbonyl (C=O) groups excluding carboxylic acids is 1. The molecular weight excluding hydrogens is 212 g/mol. The van der Waals surface area contributed by atoms with E-state index in [0.717, 1.165) is 35.5 Å². The van der Waals surface area contributed by atoms with Crippen LogP contribution in [0, 0.1) is 20.8 Å². The van der Waals surface area contributed by atoms with Crippen LogP contribution in [-0.4, -0.2) is 5.78 Å². The summed E-state index contributed by atoms with van der Waals surface area (Å²) in [5, 5.41) is 0. The second-order valence-corrected chi connectivity index (χ2v) is 4.80. The van der Waals surface area contributed by atoms with E-state index < -0.39 is 0 Å². The van der Waals surface area contributed by atoms with Crippen LogP contribution in [0.15, 0.2) is 4.42 Å². The Hall–Kier alpha value is -1.05. The molecule has 17 heavy (non-hydrogen) atoms. The molecule has 1 aromatic rings. The van der Waals surface area contributed by atoms with Crippen molar-refractivity contribution in [2.75, 3.05) is 0 Å². The maximum absolute atomic E-state index is 12.1. The van der Waals surface area contributed by atoms with Crippen molar-refractivity contribution in [3.8, 4) is 0 Å². The monoisotopic (exact) mass is 236 g/mol. The highest BCUT2D eigenvalue weighted by molar-refractivity contribution is 5.98. The molecule has 0 aliphatic rings. The molecule has 1 rings (SSSR count). The lowest BCUT2D eigenvalue weighted by molar-refractivity contribution is 0.0977. The fraction of sp³-hybridized carbons (Fsp3) is 0.667. The molecule has 0 N–H and O–H groups in total. The number of unbranched alkanes of at least 4 members (excludes halogenated alkanes) is 4. The van der Waals surface area contributed by atoms with Crippen molar-refractivity contribution in [3.63, 3.8) is 0 Å². The lowest BCUT2D eigenvalue weighted by atomic mass is 10.0. The van der Waals surface area contributed by atoms with Crippen molar-refractivity contribution in [2.24, 2.45) is 0 Å². The largest absolute Gasteiger partial charge is 0.466 e. The Bertz CT molecular complexity index is 375. The van der Waals surface area contributed by atoms with Gasteiger partial charge in [-0.25, -0.2) is 0 Å². The molecule has 0 radical (unpaired) electrons. The first kappa shape index (κ1) is 14.0. The molecule has 0 saturated heterocycles. The van der Waals surface area contributed by atoms with E-state index >= 15 is 0 Å². The molecule has 0 aromatic carbocycles. The van der Waals surface area contributed by atoms with Crippen molar-refractivity contribution in [1.82, 2.24) is 0 Å². The number of carbonyl (C=O) groups is 1. The van der Waals surface area contributed by atoms with Gasteiger partial charge in [-0.3, -0.25) is 4.79 Å². The first-order valence-electron chi connectivity index (χ1n) is 6.67. The molecule has 1 heterocycles. The third-order valence-electron chi connectivity index (χ3n) is 3.35. The predicted molar refractivity (Wildman–Crippen MR) is 70.6 cm³/mol. The highest BCUT2D eigenvalue weighted by Gasteiger charge is 2.17. The number of hydrogen-bond donors (Lipinski definition) is 0. The third-order valence-corrected chi connectivity index (χ3v) is 3.35. The summed E-state index contributed by atoms with van der Waals surface area (Å²) in [7, 11) is 0. The van der Waals surface area contributed by atoms with Gasteiger partial charge in [0, 0.05) is 12.0 Å². The highest BCUT2D eigenvalue weighted by Crippen LogP contribution is 2.23. The summed E-state index contributed by atoms with van der Waals surface area (Å²) in [5.41, 5.74) is 1.83. The third kappa shape index (κ3) is 3.72. The van der Waals surface area contributed by atoms with Crippen molar-refractivity contribution >= 4 is 5.78 Å². The zero-order chi connectivity index (χ0) is 12.8. The molecule has 0 amide bonds. The van der Waals surface area contributed by atoms with Gasteiger partial charge in [0.2, 0.25) is 0 Å². The van der Waals surface area contributed by atoms with Crippen molar-refractivity contribution in [1.29, 1.82) is 0 Å². The van der Waals surface area contributed by atoms with Crippen LogP contribution < -0.4 is 0 Å². The Morgan fingerprint density at radius 3 is 2.18 bits per heavy atom. The molecule has 0 atom stereocenters. The van der Waals surface area contributed by atoms with Crippen LogP contribution >= 0.6 is 0 Å². The van der Waals surface area contributed by atoms with E-state index in [9.17, 15) is 4.79 Å². The Labute approximate surface area is 104 Å². The average Bonchev–Trinajstić information content (AvgIpc) is 2.53. The SMILES string of the molecule is CCCCCCCC(=O)c1c(C)oc(C)c1C. The zero-order valence-electron chi connectivity index (χ0n) is 11.6. The van der Waals surface area contributed by atoms with Gasteiger partial charge < -0.3 is 4.42 Å². The summed E-state index contributed by atoms with van der Waals surface area (Å²) < 4.78 is 5.49. The van der Waals surface area contributed by atoms with Gasteiger partial charge in [-0.05, 0) is 27.2 Å². The molecule has 0 saturated carbocycles. The number of hydrogen-bond acceptors (Lipinski definition) is 2. The maximum Gasteiger partial charge on any atom is 0.166 e. The molecule has 2 nitrogen and oxygen atoms in total. The minimum Gasteiger partial charge on any atom is -0.466 e. The van der Waals surface area contributed by atoms with E-state index in [4.69, 9.17) is 4.42 Å². The molecular formula is C15H24O2. The standard InChI is InChI=1S/C15H24O2/c1-5-6-7-8-9-10-14(16)15-11(2)12(3)17-13(15)4/h5-10H2,1-4H3. The normalized spacial score (nSPS) is 10.8. The molecule has 0 unspecified atom stereocenters. The van der Waals surface area contributed by atoms with Gasteiger partial charge in [-0.1, -0.05) is 32.6 Å². The molecule has 1 aromatic heterocycles. The van der Waals surface area contributed by atoms with Gasteiger partial charge in [0.05, 0.1) is 5.56 Å². The molecule has 0 bridgehead atoms. The lowest BCUT2D eigenvalue weighted by Crippen LogP contribution is -2.01. The molecule has 96 valence electrons. The number of furan rings is 1. The van der Waals surface area contributed by atoms with Crippen molar-refractivity contribution in [2.45, 2.75) is 66.2 Å². The topological polar surface area (TPSA) is 30.2 Å². The van der Waals surface area contributed by atoms with Crippen LogP contribution in [0.2, 0.25) is 0 Å². The van der Waals surface area contributed by atoms with Gasteiger partial charge in [0.1, 0.15) is 11.5 Å².